The zero-order valence-electron chi connectivity index (χ0n) is 11.0. The van der Waals surface area contributed by atoms with Crippen LogP contribution in [0.4, 0.5) is 5.69 Å². The molecule has 0 heterocycles. The lowest BCUT2D eigenvalue weighted by atomic mass is 9.95. The van der Waals surface area contributed by atoms with E-state index in [1.807, 2.05) is 0 Å². The number of alkyl halides is 1. The van der Waals surface area contributed by atoms with E-state index in [4.69, 9.17) is 21.1 Å². The zero-order valence-corrected chi connectivity index (χ0v) is 11.8. The fraction of sp³-hybridized carbons (Fsp3) is 0.462. The molecule has 0 aliphatic heterocycles. The summed E-state index contributed by atoms with van der Waals surface area (Å²) in [5, 5.41) is 2.80. The number of hydrogen-bond acceptors (Lipinski definition) is 3. The Kier molecular flexibility index (Phi) is 4.84. The molecule has 4 nitrogen and oxygen atoms in total. The van der Waals surface area contributed by atoms with Crippen LogP contribution in [-0.4, -0.2) is 26.0 Å². The molecule has 100 valence electrons. The number of rotatable bonds is 5. The minimum absolute atomic E-state index is 0.146. The summed E-state index contributed by atoms with van der Waals surface area (Å²) in [6.07, 6.45) is 0. The fourth-order valence-electron chi connectivity index (χ4n) is 1.24. The van der Waals surface area contributed by atoms with Crippen molar-refractivity contribution in [3.63, 3.8) is 0 Å². The molecule has 0 saturated carbocycles. The minimum atomic E-state index is -0.627. The van der Waals surface area contributed by atoms with Crippen LogP contribution in [0.15, 0.2) is 18.2 Å². The standard InChI is InChI=1S/C13H18ClNO3/c1-13(2,8-14)12(16)15-9-5-10(17-3)7-11(6-9)18-4/h5-7H,8H2,1-4H3,(H,15,16). The number of amides is 1. The van der Waals surface area contributed by atoms with E-state index in [0.29, 0.717) is 17.2 Å². The molecule has 0 fully saturated rings. The lowest BCUT2D eigenvalue weighted by molar-refractivity contribution is -0.122. The van der Waals surface area contributed by atoms with E-state index in [0.717, 1.165) is 0 Å². The van der Waals surface area contributed by atoms with Gasteiger partial charge in [-0.25, -0.2) is 0 Å². The van der Waals surface area contributed by atoms with Crippen LogP contribution in [0.2, 0.25) is 0 Å². The predicted octanol–water partition coefficient (Wildman–Crippen LogP) is 2.91. The number of carbonyl (C=O) groups is 1. The first-order chi connectivity index (χ1) is 8.42. The molecule has 0 unspecified atom stereocenters. The predicted molar refractivity (Wildman–Crippen MR) is 72.7 cm³/mol. The van der Waals surface area contributed by atoms with E-state index < -0.39 is 5.41 Å². The number of benzene rings is 1. The SMILES string of the molecule is COc1cc(NC(=O)C(C)(C)CCl)cc(OC)c1. The third-order valence-corrected chi connectivity index (χ3v) is 3.23. The molecular weight excluding hydrogens is 254 g/mol. The van der Waals surface area contributed by atoms with E-state index in [2.05, 4.69) is 5.32 Å². The van der Waals surface area contributed by atoms with Gasteiger partial charge in [-0.2, -0.15) is 0 Å². The second kappa shape index (κ2) is 5.96. The average Bonchev–Trinajstić information content (AvgIpc) is 2.37. The number of anilines is 1. The first kappa shape index (κ1) is 14.6. The summed E-state index contributed by atoms with van der Waals surface area (Å²) in [7, 11) is 3.12. The molecule has 0 atom stereocenters. The van der Waals surface area contributed by atoms with Crippen molar-refractivity contribution in [2.24, 2.45) is 5.41 Å². The second-order valence-corrected chi connectivity index (χ2v) is 4.84. The number of carbonyl (C=O) groups excluding carboxylic acids is 1. The van der Waals surface area contributed by atoms with Gasteiger partial charge in [0, 0.05) is 29.8 Å². The van der Waals surface area contributed by atoms with Crippen LogP contribution in [0.5, 0.6) is 11.5 Å². The van der Waals surface area contributed by atoms with Crippen molar-refractivity contribution in [1.29, 1.82) is 0 Å². The van der Waals surface area contributed by atoms with E-state index >= 15 is 0 Å². The summed E-state index contributed by atoms with van der Waals surface area (Å²) in [6.45, 7) is 3.57. The first-order valence-corrected chi connectivity index (χ1v) is 6.07. The van der Waals surface area contributed by atoms with Crippen molar-refractivity contribution < 1.29 is 14.3 Å². The monoisotopic (exact) mass is 271 g/mol. The topological polar surface area (TPSA) is 47.6 Å². The molecule has 1 N–H and O–H groups in total. The summed E-state index contributed by atoms with van der Waals surface area (Å²) in [5.74, 6) is 1.34. The molecule has 0 aliphatic rings. The Morgan fingerprint density at radius 2 is 1.72 bits per heavy atom. The Morgan fingerprint density at radius 3 is 2.11 bits per heavy atom. The van der Waals surface area contributed by atoms with Gasteiger partial charge in [0.2, 0.25) is 5.91 Å². The molecule has 0 aliphatic carbocycles. The van der Waals surface area contributed by atoms with Gasteiger partial charge in [0.25, 0.3) is 0 Å². The van der Waals surface area contributed by atoms with Gasteiger partial charge in [-0.3, -0.25) is 4.79 Å². The molecule has 1 aromatic carbocycles. The van der Waals surface area contributed by atoms with Crippen molar-refractivity contribution >= 4 is 23.2 Å². The van der Waals surface area contributed by atoms with Gasteiger partial charge in [-0.05, 0) is 13.8 Å². The van der Waals surface area contributed by atoms with Crippen molar-refractivity contribution in [2.75, 3.05) is 25.4 Å². The third-order valence-electron chi connectivity index (χ3n) is 2.56. The Hall–Kier alpha value is -1.42. The Balaban J connectivity index is 2.93. The van der Waals surface area contributed by atoms with E-state index in [9.17, 15) is 4.79 Å². The van der Waals surface area contributed by atoms with Gasteiger partial charge in [-0.15, -0.1) is 11.6 Å². The molecule has 1 rings (SSSR count). The largest absolute Gasteiger partial charge is 0.497 e. The molecule has 0 aromatic heterocycles. The van der Waals surface area contributed by atoms with Crippen molar-refractivity contribution in [2.45, 2.75) is 13.8 Å². The number of nitrogens with one attached hydrogen (secondary N) is 1. The van der Waals surface area contributed by atoms with Crippen LogP contribution in [0.3, 0.4) is 0 Å². The Labute approximate surface area is 112 Å². The lowest BCUT2D eigenvalue weighted by Gasteiger charge is -2.20. The second-order valence-electron chi connectivity index (χ2n) is 4.57. The number of methoxy groups -OCH3 is 2. The maximum absolute atomic E-state index is 12.0. The summed E-state index contributed by atoms with van der Waals surface area (Å²) >= 11 is 5.76. The Morgan fingerprint density at radius 1 is 1.22 bits per heavy atom. The molecule has 18 heavy (non-hydrogen) atoms. The van der Waals surface area contributed by atoms with Crippen LogP contribution in [-0.2, 0) is 4.79 Å². The molecular formula is C13H18ClNO3. The van der Waals surface area contributed by atoms with Gasteiger partial charge in [0.05, 0.1) is 19.6 Å². The average molecular weight is 272 g/mol. The Bertz CT molecular complexity index is 410. The maximum Gasteiger partial charge on any atom is 0.231 e. The molecule has 0 spiro atoms. The maximum atomic E-state index is 12.0. The van der Waals surface area contributed by atoms with Crippen LogP contribution in [0.1, 0.15) is 13.8 Å². The van der Waals surface area contributed by atoms with Gasteiger partial charge < -0.3 is 14.8 Å². The summed E-state index contributed by atoms with van der Waals surface area (Å²) < 4.78 is 10.3. The van der Waals surface area contributed by atoms with Crippen molar-refractivity contribution in [1.82, 2.24) is 0 Å². The molecule has 0 bridgehead atoms. The van der Waals surface area contributed by atoms with Crippen LogP contribution in [0.25, 0.3) is 0 Å². The van der Waals surface area contributed by atoms with Crippen LogP contribution in [0, 0.1) is 5.41 Å². The van der Waals surface area contributed by atoms with Gasteiger partial charge in [0.1, 0.15) is 11.5 Å². The molecule has 1 aromatic rings. The first-order valence-electron chi connectivity index (χ1n) is 5.53. The zero-order chi connectivity index (χ0) is 13.8. The minimum Gasteiger partial charge on any atom is -0.497 e. The van der Waals surface area contributed by atoms with E-state index in [-0.39, 0.29) is 11.8 Å². The molecule has 1 amide bonds. The quantitative estimate of drug-likeness (QED) is 0.838. The van der Waals surface area contributed by atoms with Crippen molar-refractivity contribution in [3.05, 3.63) is 18.2 Å². The highest BCUT2D eigenvalue weighted by atomic mass is 35.5. The van der Waals surface area contributed by atoms with Crippen LogP contribution < -0.4 is 14.8 Å². The smallest absolute Gasteiger partial charge is 0.231 e. The van der Waals surface area contributed by atoms with Gasteiger partial charge in [-0.1, -0.05) is 0 Å². The van der Waals surface area contributed by atoms with Crippen LogP contribution >= 0.6 is 11.6 Å². The molecule has 5 heteroatoms. The number of hydrogen-bond donors (Lipinski definition) is 1. The van der Waals surface area contributed by atoms with Crippen molar-refractivity contribution in [3.8, 4) is 11.5 Å². The number of ether oxygens (including phenoxy) is 2. The summed E-state index contributed by atoms with van der Waals surface area (Å²) in [5.41, 5.74) is -0.00731. The van der Waals surface area contributed by atoms with E-state index in [1.54, 1.807) is 46.3 Å². The highest BCUT2D eigenvalue weighted by Crippen LogP contribution is 2.27. The van der Waals surface area contributed by atoms with E-state index in [1.165, 1.54) is 0 Å². The highest BCUT2D eigenvalue weighted by Gasteiger charge is 2.26. The fourth-order valence-corrected chi connectivity index (χ4v) is 1.36. The highest BCUT2D eigenvalue weighted by molar-refractivity contribution is 6.20. The third kappa shape index (κ3) is 3.53. The molecule has 0 saturated heterocycles. The van der Waals surface area contributed by atoms with Gasteiger partial charge >= 0.3 is 0 Å². The number of halogens is 1. The summed E-state index contributed by atoms with van der Waals surface area (Å²) in [4.78, 5) is 12.0. The van der Waals surface area contributed by atoms with Gasteiger partial charge in [0.15, 0.2) is 0 Å². The molecule has 0 radical (unpaired) electrons. The summed E-state index contributed by atoms with van der Waals surface area (Å²) in [6, 6.07) is 5.19. The lowest BCUT2D eigenvalue weighted by Crippen LogP contribution is -2.32. The normalized spacial score (nSPS) is 10.9.